The summed E-state index contributed by atoms with van der Waals surface area (Å²) in [4.78, 5) is 40.2. The van der Waals surface area contributed by atoms with Gasteiger partial charge in [-0.25, -0.2) is 0 Å². The lowest BCUT2D eigenvalue weighted by Crippen LogP contribution is -2.52. The summed E-state index contributed by atoms with van der Waals surface area (Å²) in [5.74, 6) is -3.05. The van der Waals surface area contributed by atoms with Crippen molar-refractivity contribution in [2.75, 3.05) is 6.61 Å². The van der Waals surface area contributed by atoms with Crippen molar-refractivity contribution < 1.29 is 49.0 Å². The second-order valence-corrected chi connectivity index (χ2v) is 11.1. The molecule has 2 aromatic carbocycles. The van der Waals surface area contributed by atoms with Crippen molar-refractivity contribution in [3.63, 3.8) is 0 Å². The standard InChI is InChI=1S/C30H35NO10.ClH/c1-4-5-9-39-18-8-6-7-15-21(18)28(36)24-23(26(15)34)27(35)16-11-30(38,14(3)32)12-19(22(16)29(24)37)41-20-10-17(31)25(33)13(2)40-20;/h6-8,13,17,19-20,25,33,35,37-38H,4-5,9-12,31H2,1-3H3;1H/t13?,17?,19-,20?,25?,30-;/m0./s1. The van der Waals surface area contributed by atoms with Gasteiger partial charge in [-0.2, -0.15) is 0 Å². The summed E-state index contributed by atoms with van der Waals surface area (Å²) in [6.45, 7) is 5.11. The number of Topliss-reactive ketones (excluding diaryl/α,β-unsaturated/α-hetero) is 1. The van der Waals surface area contributed by atoms with Crippen LogP contribution < -0.4 is 10.5 Å². The third-order valence-corrected chi connectivity index (χ3v) is 8.33. The fraction of sp³-hybridized carbons (Fsp3) is 0.500. The zero-order chi connectivity index (χ0) is 29.8. The Labute approximate surface area is 249 Å². The van der Waals surface area contributed by atoms with E-state index in [0.717, 1.165) is 12.8 Å². The van der Waals surface area contributed by atoms with Crippen LogP contribution in [0.2, 0.25) is 0 Å². The van der Waals surface area contributed by atoms with Crippen LogP contribution in [0.5, 0.6) is 17.2 Å². The molecule has 1 aliphatic heterocycles. The quantitative estimate of drug-likeness (QED) is 0.197. The van der Waals surface area contributed by atoms with Gasteiger partial charge < -0.3 is 40.4 Å². The maximum atomic E-state index is 13.9. The molecule has 1 heterocycles. The lowest BCUT2D eigenvalue weighted by molar-refractivity contribution is -0.247. The molecular formula is C30H36ClNO10. The molecule has 2 aliphatic carbocycles. The fourth-order valence-corrected chi connectivity index (χ4v) is 5.94. The summed E-state index contributed by atoms with van der Waals surface area (Å²) >= 11 is 0. The van der Waals surface area contributed by atoms with Crippen molar-refractivity contribution >= 4 is 29.8 Å². The number of aliphatic hydroxyl groups excluding tert-OH is 1. The molecule has 0 saturated carbocycles. The first-order valence-electron chi connectivity index (χ1n) is 13.8. The number of phenolic OH excluding ortho intramolecular Hbond substituents is 2. The molecule has 3 aliphatic rings. The Morgan fingerprint density at radius 2 is 1.83 bits per heavy atom. The highest BCUT2D eigenvalue weighted by atomic mass is 35.5. The van der Waals surface area contributed by atoms with Crippen molar-refractivity contribution in [1.82, 2.24) is 0 Å². The first kappa shape index (κ1) is 31.9. The molecule has 1 fully saturated rings. The topological polar surface area (TPSA) is 186 Å². The van der Waals surface area contributed by atoms with E-state index >= 15 is 0 Å². The molecule has 42 heavy (non-hydrogen) atoms. The van der Waals surface area contributed by atoms with Gasteiger partial charge in [0.1, 0.15) is 22.8 Å². The van der Waals surface area contributed by atoms with Crippen LogP contribution in [-0.2, 0) is 20.7 Å². The molecular weight excluding hydrogens is 570 g/mol. The molecule has 6 atom stereocenters. The number of hydrogen-bond donors (Lipinski definition) is 5. The monoisotopic (exact) mass is 605 g/mol. The third-order valence-electron chi connectivity index (χ3n) is 8.33. The Balaban J connectivity index is 0.00000405. The Bertz CT molecular complexity index is 1420. The predicted molar refractivity (Wildman–Crippen MR) is 151 cm³/mol. The molecule has 12 heteroatoms. The molecule has 0 radical (unpaired) electrons. The Morgan fingerprint density at radius 1 is 1.14 bits per heavy atom. The lowest BCUT2D eigenvalue weighted by atomic mass is 9.72. The molecule has 6 N–H and O–H groups in total. The molecule has 228 valence electrons. The number of carbonyl (C=O) groups excluding carboxylic acids is 3. The van der Waals surface area contributed by atoms with Crippen molar-refractivity contribution in [3.05, 3.63) is 51.6 Å². The molecule has 4 unspecified atom stereocenters. The average Bonchev–Trinajstić information content (AvgIpc) is 2.92. The fourth-order valence-electron chi connectivity index (χ4n) is 5.94. The van der Waals surface area contributed by atoms with E-state index in [1.54, 1.807) is 19.1 Å². The molecule has 5 rings (SSSR count). The highest BCUT2D eigenvalue weighted by molar-refractivity contribution is 6.31. The van der Waals surface area contributed by atoms with Gasteiger partial charge >= 0.3 is 0 Å². The van der Waals surface area contributed by atoms with Gasteiger partial charge in [-0.05, 0) is 26.3 Å². The zero-order valence-electron chi connectivity index (χ0n) is 23.6. The van der Waals surface area contributed by atoms with Gasteiger partial charge in [0.05, 0.1) is 41.6 Å². The number of unbranched alkanes of at least 4 members (excludes halogenated alkanes) is 1. The van der Waals surface area contributed by atoms with Crippen molar-refractivity contribution in [1.29, 1.82) is 0 Å². The summed E-state index contributed by atoms with van der Waals surface area (Å²) in [5, 5.41) is 44.5. The number of aliphatic hydroxyl groups is 2. The number of benzene rings is 2. The summed E-state index contributed by atoms with van der Waals surface area (Å²) in [7, 11) is 0. The second kappa shape index (κ2) is 11.9. The minimum atomic E-state index is -2.00. The number of halogens is 1. The first-order chi connectivity index (χ1) is 19.4. The first-order valence-corrected chi connectivity index (χ1v) is 13.8. The van der Waals surface area contributed by atoms with Crippen molar-refractivity contribution in [2.24, 2.45) is 5.73 Å². The normalized spacial score (nSPS) is 28.3. The van der Waals surface area contributed by atoms with E-state index in [1.807, 2.05) is 6.92 Å². The minimum absolute atomic E-state index is 0. The highest BCUT2D eigenvalue weighted by Crippen LogP contribution is 2.52. The SMILES string of the molecule is CCCCOc1cccc2c1C(=O)c1c(O)c3c(c(O)c1C2=O)C[C@@](O)(C(C)=O)C[C@@H]3OC1CC(N)C(O)C(C)O1.Cl. The molecule has 0 spiro atoms. The number of ether oxygens (including phenoxy) is 3. The van der Waals surface area contributed by atoms with Gasteiger partial charge in [0.15, 0.2) is 17.9 Å². The minimum Gasteiger partial charge on any atom is -0.507 e. The Kier molecular flexibility index (Phi) is 9.03. The van der Waals surface area contributed by atoms with Crippen LogP contribution in [0, 0.1) is 0 Å². The van der Waals surface area contributed by atoms with Gasteiger partial charge in [-0.3, -0.25) is 14.4 Å². The summed E-state index contributed by atoms with van der Waals surface area (Å²) in [6, 6.07) is 3.89. The van der Waals surface area contributed by atoms with Crippen molar-refractivity contribution in [3.8, 4) is 17.2 Å². The summed E-state index contributed by atoms with van der Waals surface area (Å²) in [5.41, 5.74) is 3.10. The number of aromatic hydroxyl groups is 2. The molecule has 0 amide bonds. The van der Waals surface area contributed by atoms with Gasteiger partial charge in [0, 0.05) is 42.0 Å². The van der Waals surface area contributed by atoms with Crippen molar-refractivity contribution in [2.45, 2.75) is 89.1 Å². The van der Waals surface area contributed by atoms with Gasteiger partial charge in [0.2, 0.25) is 5.78 Å². The largest absolute Gasteiger partial charge is 0.507 e. The van der Waals surface area contributed by atoms with Crippen LogP contribution in [0.3, 0.4) is 0 Å². The van der Waals surface area contributed by atoms with Gasteiger partial charge in [0.25, 0.3) is 0 Å². The number of carbonyl (C=O) groups is 3. The Hall–Kier alpha value is -3.06. The highest BCUT2D eigenvalue weighted by Gasteiger charge is 2.49. The zero-order valence-corrected chi connectivity index (χ0v) is 24.4. The Morgan fingerprint density at radius 3 is 2.48 bits per heavy atom. The number of hydrogen-bond acceptors (Lipinski definition) is 11. The predicted octanol–water partition coefficient (Wildman–Crippen LogP) is 2.62. The van der Waals surface area contributed by atoms with Crippen LogP contribution in [0.4, 0.5) is 0 Å². The molecule has 11 nitrogen and oxygen atoms in total. The van der Waals surface area contributed by atoms with Gasteiger partial charge in [-0.15, -0.1) is 12.4 Å². The maximum Gasteiger partial charge on any atom is 0.202 e. The van der Waals surface area contributed by atoms with Crippen LogP contribution in [0.1, 0.15) is 95.5 Å². The molecule has 0 aromatic heterocycles. The van der Waals surface area contributed by atoms with Gasteiger partial charge in [-0.1, -0.05) is 25.5 Å². The van der Waals surface area contributed by atoms with E-state index in [-0.39, 0.29) is 53.3 Å². The van der Waals surface area contributed by atoms with Crippen LogP contribution in [0.25, 0.3) is 0 Å². The molecule has 1 saturated heterocycles. The smallest absolute Gasteiger partial charge is 0.202 e. The van der Waals surface area contributed by atoms with E-state index < -0.39 is 82.6 Å². The maximum absolute atomic E-state index is 13.9. The van der Waals surface area contributed by atoms with E-state index in [0.29, 0.717) is 6.61 Å². The molecule has 0 bridgehead atoms. The number of nitrogens with two attached hydrogens (primary N) is 1. The number of ketones is 3. The average molecular weight is 606 g/mol. The van der Waals surface area contributed by atoms with E-state index in [4.69, 9.17) is 19.9 Å². The second-order valence-electron chi connectivity index (χ2n) is 11.1. The lowest BCUT2D eigenvalue weighted by Gasteiger charge is -2.42. The summed E-state index contributed by atoms with van der Waals surface area (Å²) in [6.07, 6.45) is -2.95. The van der Waals surface area contributed by atoms with Crippen LogP contribution >= 0.6 is 12.4 Å². The number of fused-ring (bicyclic) bond motifs is 3. The van der Waals surface area contributed by atoms with E-state index in [1.165, 1.54) is 13.0 Å². The van der Waals surface area contributed by atoms with E-state index in [9.17, 15) is 34.8 Å². The summed E-state index contributed by atoms with van der Waals surface area (Å²) < 4.78 is 17.7. The number of phenols is 2. The third kappa shape index (κ3) is 5.18. The van der Waals surface area contributed by atoms with Crippen LogP contribution in [0.15, 0.2) is 18.2 Å². The van der Waals surface area contributed by atoms with E-state index in [2.05, 4.69) is 0 Å². The van der Waals surface area contributed by atoms with Crippen LogP contribution in [-0.4, -0.2) is 74.5 Å². The number of rotatable bonds is 7. The molecule has 2 aromatic rings.